The average Bonchev–Trinajstić information content (AvgIpc) is 2.19. The highest BCUT2D eigenvalue weighted by Crippen LogP contribution is 2.33. The normalized spacial score (nSPS) is 11.6. The lowest BCUT2D eigenvalue weighted by atomic mass is 10.2. The van der Waals surface area contributed by atoms with Crippen LogP contribution in [-0.2, 0) is 10.9 Å². The van der Waals surface area contributed by atoms with Crippen molar-refractivity contribution in [2.75, 3.05) is 20.3 Å². The van der Waals surface area contributed by atoms with Crippen molar-refractivity contribution in [2.45, 2.75) is 6.18 Å². The van der Waals surface area contributed by atoms with Crippen LogP contribution in [0.3, 0.4) is 0 Å². The van der Waals surface area contributed by atoms with E-state index in [2.05, 4.69) is 0 Å². The summed E-state index contributed by atoms with van der Waals surface area (Å²) in [6.45, 7) is 0.717. The maximum Gasteiger partial charge on any atom is 0.416 e. The van der Waals surface area contributed by atoms with Gasteiger partial charge in [-0.25, -0.2) is 0 Å². The second kappa shape index (κ2) is 5.72. The molecular weight excluding hydrogens is 336 g/mol. The number of ether oxygens (including phenoxy) is 2. The minimum Gasteiger partial charge on any atom is -0.490 e. The zero-order valence-corrected chi connectivity index (χ0v) is 10.6. The van der Waals surface area contributed by atoms with Crippen molar-refractivity contribution in [1.82, 2.24) is 0 Å². The monoisotopic (exact) mass is 346 g/mol. The van der Waals surface area contributed by atoms with Gasteiger partial charge in [0, 0.05) is 7.11 Å². The first-order valence-electron chi connectivity index (χ1n) is 4.43. The zero-order chi connectivity index (χ0) is 12.2. The molecule has 0 amide bonds. The van der Waals surface area contributed by atoms with Crippen LogP contribution in [0.15, 0.2) is 18.2 Å². The number of benzene rings is 1. The molecule has 0 atom stereocenters. The second-order valence-electron chi connectivity index (χ2n) is 2.98. The van der Waals surface area contributed by atoms with Crippen LogP contribution in [0.2, 0.25) is 0 Å². The molecule has 90 valence electrons. The molecule has 0 fully saturated rings. The Bertz CT molecular complexity index is 352. The molecule has 0 heterocycles. The molecule has 1 rings (SSSR count). The standard InChI is InChI=1S/C10H10F3IO2/c1-15-4-5-16-9-3-2-7(6-8(9)14)10(11,12)13/h2-3,6H,4-5H2,1H3. The number of hydrogen-bond acceptors (Lipinski definition) is 2. The molecular formula is C10H10F3IO2. The highest BCUT2D eigenvalue weighted by atomic mass is 127. The molecule has 0 aliphatic heterocycles. The maximum atomic E-state index is 12.3. The third-order valence-electron chi connectivity index (χ3n) is 1.80. The number of alkyl halides is 3. The van der Waals surface area contributed by atoms with Gasteiger partial charge < -0.3 is 9.47 Å². The van der Waals surface area contributed by atoms with Crippen LogP contribution in [0.5, 0.6) is 5.75 Å². The van der Waals surface area contributed by atoms with E-state index in [1.54, 1.807) is 0 Å². The number of rotatable bonds is 4. The molecule has 6 heteroatoms. The van der Waals surface area contributed by atoms with Crippen LogP contribution in [-0.4, -0.2) is 20.3 Å². The minimum atomic E-state index is -4.31. The van der Waals surface area contributed by atoms with Crippen LogP contribution < -0.4 is 4.74 Å². The van der Waals surface area contributed by atoms with Crippen molar-refractivity contribution in [2.24, 2.45) is 0 Å². The minimum absolute atomic E-state index is 0.317. The predicted octanol–water partition coefficient (Wildman–Crippen LogP) is 3.34. The van der Waals surface area contributed by atoms with Crippen LogP contribution in [0.1, 0.15) is 5.56 Å². The summed E-state index contributed by atoms with van der Waals surface area (Å²) in [4.78, 5) is 0. The molecule has 0 spiro atoms. The lowest BCUT2D eigenvalue weighted by molar-refractivity contribution is -0.137. The fourth-order valence-electron chi connectivity index (χ4n) is 1.03. The summed E-state index contributed by atoms with van der Waals surface area (Å²) in [5.74, 6) is 0.436. The molecule has 2 nitrogen and oxygen atoms in total. The Morgan fingerprint density at radius 1 is 1.25 bits per heavy atom. The van der Waals surface area contributed by atoms with E-state index in [4.69, 9.17) is 9.47 Å². The quantitative estimate of drug-likeness (QED) is 0.615. The van der Waals surface area contributed by atoms with Gasteiger partial charge in [-0.05, 0) is 40.8 Å². The molecule has 1 aromatic carbocycles. The lowest BCUT2D eigenvalue weighted by Gasteiger charge is -2.11. The largest absolute Gasteiger partial charge is 0.490 e. The molecule has 0 bridgehead atoms. The summed E-state index contributed by atoms with van der Waals surface area (Å²) >= 11 is 1.81. The highest BCUT2D eigenvalue weighted by molar-refractivity contribution is 14.1. The highest BCUT2D eigenvalue weighted by Gasteiger charge is 2.30. The van der Waals surface area contributed by atoms with E-state index in [-0.39, 0.29) is 0 Å². The summed E-state index contributed by atoms with van der Waals surface area (Å²) in [5, 5.41) is 0. The van der Waals surface area contributed by atoms with E-state index in [9.17, 15) is 13.2 Å². The van der Waals surface area contributed by atoms with Crippen LogP contribution in [0.4, 0.5) is 13.2 Å². The first kappa shape index (κ1) is 13.6. The van der Waals surface area contributed by atoms with E-state index < -0.39 is 11.7 Å². The second-order valence-corrected chi connectivity index (χ2v) is 4.15. The Kier molecular flexibility index (Phi) is 4.85. The van der Waals surface area contributed by atoms with Gasteiger partial charge in [0.1, 0.15) is 12.4 Å². The number of halogens is 4. The average molecular weight is 346 g/mol. The molecule has 0 aliphatic carbocycles. The van der Waals surface area contributed by atoms with Crippen molar-refractivity contribution in [3.63, 3.8) is 0 Å². The van der Waals surface area contributed by atoms with E-state index in [0.29, 0.717) is 22.5 Å². The fraction of sp³-hybridized carbons (Fsp3) is 0.400. The molecule has 0 aromatic heterocycles. The third-order valence-corrected chi connectivity index (χ3v) is 2.65. The molecule has 0 N–H and O–H groups in total. The first-order valence-corrected chi connectivity index (χ1v) is 5.51. The Balaban J connectivity index is 2.76. The van der Waals surface area contributed by atoms with Crippen LogP contribution in [0, 0.1) is 3.57 Å². The molecule has 0 unspecified atom stereocenters. The van der Waals surface area contributed by atoms with Crippen LogP contribution in [0.25, 0.3) is 0 Å². The van der Waals surface area contributed by atoms with Gasteiger partial charge >= 0.3 is 6.18 Å². The summed E-state index contributed by atoms with van der Waals surface area (Å²) in [5.41, 5.74) is -0.670. The van der Waals surface area contributed by atoms with Crippen molar-refractivity contribution < 1.29 is 22.6 Å². The fourth-order valence-corrected chi connectivity index (χ4v) is 1.70. The molecule has 0 saturated heterocycles. The van der Waals surface area contributed by atoms with Gasteiger partial charge in [-0.15, -0.1) is 0 Å². The third kappa shape index (κ3) is 3.82. The molecule has 1 aromatic rings. The van der Waals surface area contributed by atoms with Gasteiger partial charge in [-0.1, -0.05) is 0 Å². The van der Waals surface area contributed by atoms with Crippen molar-refractivity contribution >= 4 is 22.6 Å². The van der Waals surface area contributed by atoms with Gasteiger partial charge in [0.05, 0.1) is 15.7 Å². The smallest absolute Gasteiger partial charge is 0.416 e. The van der Waals surface area contributed by atoms with Crippen molar-refractivity contribution in [3.05, 3.63) is 27.3 Å². The van der Waals surface area contributed by atoms with E-state index >= 15 is 0 Å². The molecule has 0 aliphatic rings. The summed E-state index contributed by atoms with van der Waals surface area (Å²) in [7, 11) is 1.53. The van der Waals surface area contributed by atoms with Crippen molar-refractivity contribution in [3.8, 4) is 5.75 Å². The summed E-state index contributed by atoms with van der Waals surface area (Å²) in [6.07, 6.45) is -4.31. The Morgan fingerprint density at radius 2 is 1.94 bits per heavy atom. The van der Waals surface area contributed by atoms with Gasteiger partial charge in [0.25, 0.3) is 0 Å². The Labute approximate surface area is 105 Å². The van der Waals surface area contributed by atoms with Crippen molar-refractivity contribution in [1.29, 1.82) is 0 Å². The zero-order valence-electron chi connectivity index (χ0n) is 8.47. The summed E-state index contributed by atoms with van der Waals surface area (Å²) < 4.78 is 47.5. The Morgan fingerprint density at radius 3 is 2.44 bits per heavy atom. The predicted molar refractivity (Wildman–Crippen MR) is 61.5 cm³/mol. The molecule has 16 heavy (non-hydrogen) atoms. The maximum absolute atomic E-state index is 12.3. The first-order chi connectivity index (χ1) is 7.45. The number of methoxy groups -OCH3 is 1. The SMILES string of the molecule is COCCOc1ccc(C(F)(F)F)cc1I. The molecule has 0 saturated carbocycles. The van der Waals surface area contributed by atoms with Gasteiger partial charge in [-0.3, -0.25) is 0 Å². The molecule has 0 radical (unpaired) electrons. The van der Waals surface area contributed by atoms with Gasteiger partial charge in [0.15, 0.2) is 0 Å². The van der Waals surface area contributed by atoms with E-state index in [1.165, 1.54) is 13.2 Å². The van der Waals surface area contributed by atoms with Gasteiger partial charge in [0.2, 0.25) is 0 Å². The van der Waals surface area contributed by atoms with E-state index in [0.717, 1.165) is 12.1 Å². The summed E-state index contributed by atoms with van der Waals surface area (Å²) in [6, 6.07) is 3.38. The topological polar surface area (TPSA) is 18.5 Å². The lowest BCUT2D eigenvalue weighted by Crippen LogP contribution is -2.08. The Hall–Kier alpha value is -0.500. The van der Waals surface area contributed by atoms with E-state index in [1.807, 2.05) is 22.6 Å². The number of hydrogen-bond donors (Lipinski definition) is 0. The van der Waals surface area contributed by atoms with Crippen LogP contribution >= 0.6 is 22.6 Å². The van der Waals surface area contributed by atoms with Gasteiger partial charge in [-0.2, -0.15) is 13.2 Å².